The molecule has 1 aromatic carbocycles. The Hall–Kier alpha value is -2.00. The zero-order chi connectivity index (χ0) is 12.4. The number of rotatable bonds is 3. The fourth-order valence-corrected chi connectivity index (χ4v) is 2.67. The number of carbonyl (C=O) groups excluding carboxylic acids is 1. The van der Waals surface area contributed by atoms with E-state index in [0.717, 1.165) is 21.3 Å². The summed E-state index contributed by atoms with van der Waals surface area (Å²) >= 11 is 1.49. The summed E-state index contributed by atoms with van der Waals surface area (Å²) < 4.78 is 0. The van der Waals surface area contributed by atoms with E-state index in [4.69, 9.17) is 0 Å². The minimum atomic E-state index is 0.168. The van der Waals surface area contributed by atoms with Crippen LogP contribution in [0.5, 0.6) is 0 Å². The Morgan fingerprint density at radius 2 is 2.00 bits per heavy atom. The molecule has 18 heavy (non-hydrogen) atoms. The molecule has 2 nitrogen and oxygen atoms in total. The van der Waals surface area contributed by atoms with E-state index in [1.54, 1.807) is 6.20 Å². The number of hydrogen-bond donors (Lipinski definition) is 0. The quantitative estimate of drug-likeness (QED) is 0.666. The van der Waals surface area contributed by atoms with Crippen LogP contribution in [0.4, 0.5) is 0 Å². The Balaban J connectivity index is 1.98. The van der Waals surface area contributed by atoms with Crippen LogP contribution in [0.3, 0.4) is 0 Å². The molecule has 2 heterocycles. The number of pyridine rings is 1. The second-order valence-corrected chi connectivity index (χ2v) is 5.01. The maximum atomic E-state index is 12.1. The van der Waals surface area contributed by atoms with Crippen molar-refractivity contribution < 1.29 is 4.79 Å². The minimum absolute atomic E-state index is 0.168. The average Bonchev–Trinajstić information content (AvgIpc) is 2.93. The molecule has 3 rings (SSSR count). The third kappa shape index (κ3) is 2.05. The average molecular weight is 253 g/mol. The van der Waals surface area contributed by atoms with E-state index in [1.807, 2.05) is 47.8 Å². The Morgan fingerprint density at radius 3 is 2.83 bits per heavy atom. The summed E-state index contributed by atoms with van der Waals surface area (Å²) in [7, 11) is 0. The van der Waals surface area contributed by atoms with Crippen LogP contribution in [0.2, 0.25) is 0 Å². The Morgan fingerprint density at radius 1 is 1.11 bits per heavy atom. The minimum Gasteiger partial charge on any atom is -0.293 e. The summed E-state index contributed by atoms with van der Waals surface area (Å²) in [6, 6.07) is 13.6. The molecule has 0 amide bonds. The molecule has 0 saturated carbocycles. The largest absolute Gasteiger partial charge is 0.293 e. The second kappa shape index (κ2) is 4.70. The Kier molecular flexibility index (Phi) is 2.90. The molecule has 0 fully saturated rings. The van der Waals surface area contributed by atoms with Crippen molar-refractivity contribution >= 4 is 28.0 Å². The molecule has 0 aliphatic heterocycles. The van der Waals surface area contributed by atoms with Gasteiger partial charge in [0.25, 0.3) is 0 Å². The van der Waals surface area contributed by atoms with Crippen LogP contribution >= 0.6 is 11.3 Å². The first-order chi connectivity index (χ1) is 8.84. The number of para-hydroxylation sites is 1. The van der Waals surface area contributed by atoms with E-state index in [9.17, 15) is 4.79 Å². The molecule has 88 valence electrons. The number of Topliss-reactive ketones (excluding diaryl/α,β-unsaturated/α-hetero) is 1. The van der Waals surface area contributed by atoms with Crippen LogP contribution in [-0.4, -0.2) is 10.8 Å². The number of fused-ring (bicyclic) bond motifs is 1. The van der Waals surface area contributed by atoms with Gasteiger partial charge >= 0.3 is 0 Å². The molecule has 3 heteroatoms. The fourth-order valence-electron chi connectivity index (χ4n) is 2.01. The van der Waals surface area contributed by atoms with Gasteiger partial charge in [0.2, 0.25) is 0 Å². The molecule has 0 bridgehead atoms. The molecule has 0 unspecified atom stereocenters. The first-order valence-electron chi connectivity index (χ1n) is 5.74. The van der Waals surface area contributed by atoms with Crippen LogP contribution < -0.4 is 0 Å². The van der Waals surface area contributed by atoms with E-state index in [1.165, 1.54) is 11.3 Å². The van der Waals surface area contributed by atoms with Gasteiger partial charge < -0.3 is 0 Å². The van der Waals surface area contributed by atoms with Gasteiger partial charge in [0.05, 0.1) is 10.4 Å². The van der Waals surface area contributed by atoms with Crippen LogP contribution in [0, 0.1) is 0 Å². The normalized spacial score (nSPS) is 10.7. The zero-order valence-electron chi connectivity index (χ0n) is 9.67. The van der Waals surface area contributed by atoms with Crippen molar-refractivity contribution in [2.24, 2.45) is 0 Å². The van der Waals surface area contributed by atoms with Gasteiger partial charge in [-0.15, -0.1) is 11.3 Å². The van der Waals surface area contributed by atoms with Crippen molar-refractivity contribution in [2.45, 2.75) is 6.42 Å². The summed E-state index contributed by atoms with van der Waals surface area (Å²) in [5.41, 5.74) is 1.98. The standard InChI is InChI=1S/C15H11NOS/c17-14(15-6-3-9-18-15)10-11-7-8-16-13-5-2-1-4-12(11)13/h1-9H,10H2. The molecule has 0 saturated heterocycles. The number of nitrogens with zero attached hydrogens (tertiary/aromatic N) is 1. The molecule has 2 aromatic heterocycles. The van der Waals surface area contributed by atoms with Gasteiger partial charge in [-0.1, -0.05) is 24.3 Å². The number of hydrogen-bond acceptors (Lipinski definition) is 3. The van der Waals surface area contributed by atoms with E-state index in [-0.39, 0.29) is 5.78 Å². The van der Waals surface area contributed by atoms with Crippen molar-refractivity contribution in [3.63, 3.8) is 0 Å². The maximum Gasteiger partial charge on any atom is 0.177 e. The monoisotopic (exact) mass is 253 g/mol. The van der Waals surface area contributed by atoms with Crippen molar-refractivity contribution in [3.05, 3.63) is 64.5 Å². The van der Waals surface area contributed by atoms with E-state index >= 15 is 0 Å². The number of aromatic nitrogens is 1. The van der Waals surface area contributed by atoms with E-state index < -0.39 is 0 Å². The van der Waals surface area contributed by atoms with Gasteiger partial charge in [-0.05, 0) is 29.1 Å². The highest BCUT2D eigenvalue weighted by atomic mass is 32.1. The first kappa shape index (κ1) is 11.1. The lowest BCUT2D eigenvalue weighted by atomic mass is 10.0. The van der Waals surface area contributed by atoms with Crippen LogP contribution in [0.25, 0.3) is 10.9 Å². The number of benzene rings is 1. The van der Waals surface area contributed by atoms with Gasteiger partial charge in [-0.2, -0.15) is 0 Å². The highest BCUT2D eigenvalue weighted by molar-refractivity contribution is 7.12. The lowest BCUT2D eigenvalue weighted by Gasteiger charge is -2.04. The predicted molar refractivity (Wildman–Crippen MR) is 74.1 cm³/mol. The topological polar surface area (TPSA) is 30.0 Å². The SMILES string of the molecule is O=C(Cc1ccnc2ccccc12)c1cccs1. The van der Waals surface area contributed by atoms with Gasteiger partial charge in [0.1, 0.15) is 0 Å². The first-order valence-corrected chi connectivity index (χ1v) is 6.62. The molecule has 3 aromatic rings. The number of ketones is 1. The van der Waals surface area contributed by atoms with Gasteiger partial charge in [0.15, 0.2) is 5.78 Å². The number of carbonyl (C=O) groups is 1. The summed E-state index contributed by atoms with van der Waals surface area (Å²) in [5.74, 6) is 0.168. The van der Waals surface area contributed by atoms with Crippen LogP contribution in [0.1, 0.15) is 15.2 Å². The smallest absolute Gasteiger partial charge is 0.177 e. The van der Waals surface area contributed by atoms with Crippen molar-refractivity contribution in [3.8, 4) is 0 Å². The molecule has 0 aliphatic carbocycles. The van der Waals surface area contributed by atoms with Crippen molar-refractivity contribution in [1.82, 2.24) is 4.98 Å². The Bertz CT molecular complexity index is 683. The fraction of sp³-hybridized carbons (Fsp3) is 0.0667. The lowest BCUT2D eigenvalue weighted by Crippen LogP contribution is -2.02. The van der Waals surface area contributed by atoms with E-state index in [0.29, 0.717) is 6.42 Å². The highest BCUT2D eigenvalue weighted by Gasteiger charge is 2.10. The van der Waals surface area contributed by atoms with E-state index in [2.05, 4.69) is 4.98 Å². The molecule has 0 aliphatic rings. The molecule has 0 spiro atoms. The van der Waals surface area contributed by atoms with Gasteiger partial charge in [0, 0.05) is 18.0 Å². The van der Waals surface area contributed by atoms with Crippen LogP contribution in [0.15, 0.2) is 54.0 Å². The number of thiophene rings is 1. The molecule has 0 N–H and O–H groups in total. The summed E-state index contributed by atoms with van der Waals surface area (Å²) in [4.78, 5) is 17.2. The van der Waals surface area contributed by atoms with Crippen LogP contribution in [-0.2, 0) is 6.42 Å². The summed E-state index contributed by atoms with van der Waals surface area (Å²) in [6.07, 6.45) is 2.20. The Labute approximate surface area is 109 Å². The van der Waals surface area contributed by atoms with Crippen molar-refractivity contribution in [1.29, 1.82) is 0 Å². The molecule has 0 atom stereocenters. The van der Waals surface area contributed by atoms with Gasteiger partial charge in [-0.25, -0.2) is 0 Å². The third-order valence-corrected chi connectivity index (χ3v) is 3.80. The molecular formula is C15H11NOS. The lowest BCUT2D eigenvalue weighted by molar-refractivity contribution is 0.0997. The highest BCUT2D eigenvalue weighted by Crippen LogP contribution is 2.19. The van der Waals surface area contributed by atoms with Crippen molar-refractivity contribution in [2.75, 3.05) is 0 Å². The second-order valence-electron chi connectivity index (χ2n) is 4.06. The summed E-state index contributed by atoms with van der Waals surface area (Å²) in [5, 5.41) is 2.99. The molecular weight excluding hydrogens is 242 g/mol. The maximum absolute atomic E-state index is 12.1. The predicted octanol–water partition coefficient (Wildman–Crippen LogP) is 3.72. The zero-order valence-corrected chi connectivity index (χ0v) is 10.5. The van der Waals surface area contributed by atoms with Gasteiger partial charge in [-0.3, -0.25) is 9.78 Å². The molecule has 0 radical (unpaired) electrons. The third-order valence-electron chi connectivity index (χ3n) is 2.89. The summed E-state index contributed by atoms with van der Waals surface area (Å²) in [6.45, 7) is 0.